The Morgan fingerprint density at radius 1 is 1.19 bits per heavy atom. The van der Waals surface area contributed by atoms with Gasteiger partial charge in [0, 0.05) is 17.9 Å². The van der Waals surface area contributed by atoms with E-state index in [1.807, 2.05) is 12.1 Å². The van der Waals surface area contributed by atoms with Gasteiger partial charge >= 0.3 is 0 Å². The second kappa shape index (κ2) is 7.29. The van der Waals surface area contributed by atoms with Crippen LogP contribution in [0.15, 0.2) is 60.8 Å². The van der Waals surface area contributed by atoms with Crippen LogP contribution in [-0.2, 0) is 6.42 Å². The molecule has 3 aromatic rings. The number of nitrogens with one attached hydrogen (secondary N) is 1. The average molecular weight is 380 g/mol. The molecule has 0 fully saturated rings. The van der Waals surface area contributed by atoms with E-state index in [0.717, 1.165) is 18.7 Å². The Balaban J connectivity index is 1.49. The number of para-hydroxylation sites is 1. The molecule has 1 N–H and O–H groups in total. The lowest BCUT2D eigenvalue weighted by Gasteiger charge is -2.19. The van der Waals surface area contributed by atoms with Gasteiger partial charge in [0.05, 0.1) is 24.0 Å². The second-order valence-corrected chi connectivity index (χ2v) is 6.64. The number of rotatable bonds is 4. The van der Waals surface area contributed by atoms with Gasteiger partial charge in [0.15, 0.2) is 0 Å². The molecular weight excluding hydrogens is 362 g/mol. The first-order chi connectivity index (χ1) is 13.2. The van der Waals surface area contributed by atoms with Gasteiger partial charge in [0.1, 0.15) is 11.4 Å². The minimum absolute atomic E-state index is 0.287. The number of hydrogen-bond donors (Lipinski definition) is 1. The van der Waals surface area contributed by atoms with E-state index in [0.29, 0.717) is 22.2 Å². The molecule has 2 heterocycles. The van der Waals surface area contributed by atoms with E-state index in [1.54, 1.807) is 37.6 Å². The van der Waals surface area contributed by atoms with Gasteiger partial charge in [-0.3, -0.25) is 4.79 Å². The van der Waals surface area contributed by atoms with Crippen LogP contribution in [0.4, 0.5) is 17.1 Å². The third-order valence-electron chi connectivity index (χ3n) is 4.59. The summed E-state index contributed by atoms with van der Waals surface area (Å²) in [7, 11) is 1.55. The molecule has 136 valence electrons. The van der Waals surface area contributed by atoms with Crippen molar-refractivity contribution in [2.45, 2.75) is 6.42 Å². The summed E-state index contributed by atoms with van der Waals surface area (Å²) in [5, 5.41) is 3.24. The lowest BCUT2D eigenvalue weighted by molar-refractivity contribution is 0.102. The standard InChI is InChI=1S/C21H18ClN3O2/c1-27-20-9-6-15(12-17(20)22)24-21(26)18-8-7-16(13-23-18)25-11-10-14-4-2-3-5-19(14)25/h2-9,12-13H,10-11H2,1H3,(H,24,26). The van der Waals surface area contributed by atoms with Gasteiger partial charge in [-0.25, -0.2) is 4.98 Å². The highest BCUT2D eigenvalue weighted by Crippen LogP contribution is 2.33. The zero-order chi connectivity index (χ0) is 18.8. The fraction of sp³-hybridized carbons (Fsp3) is 0.143. The van der Waals surface area contributed by atoms with Crippen LogP contribution in [0.1, 0.15) is 16.1 Å². The van der Waals surface area contributed by atoms with E-state index in [1.165, 1.54) is 11.3 Å². The number of anilines is 3. The van der Waals surface area contributed by atoms with Gasteiger partial charge in [-0.1, -0.05) is 29.8 Å². The van der Waals surface area contributed by atoms with Gasteiger partial charge in [0.25, 0.3) is 5.91 Å². The molecule has 1 amide bonds. The number of aromatic nitrogens is 1. The summed E-state index contributed by atoms with van der Waals surface area (Å²) in [5.74, 6) is 0.271. The van der Waals surface area contributed by atoms with Crippen molar-refractivity contribution >= 4 is 34.6 Å². The van der Waals surface area contributed by atoms with E-state index in [2.05, 4.69) is 33.4 Å². The van der Waals surface area contributed by atoms with Gasteiger partial charge in [0.2, 0.25) is 0 Å². The number of carbonyl (C=O) groups is 1. The van der Waals surface area contributed by atoms with E-state index in [-0.39, 0.29) is 5.91 Å². The highest BCUT2D eigenvalue weighted by molar-refractivity contribution is 6.32. The van der Waals surface area contributed by atoms with Gasteiger partial charge < -0.3 is 15.0 Å². The summed E-state index contributed by atoms with van der Waals surface area (Å²) in [4.78, 5) is 19.0. The van der Waals surface area contributed by atoms with Crippen molar-refractivity contribution in [2.75, 3.05) is 23.9 Å². The first kappa shape index (κ1) is 17.4. The number of fused-ring (bicyclic) bond motifs is 1. The number of ether oxygens (including phenoxy) is 1. The van der Waals surface area contributed by atoms with Crippen molar-refractivity contribution in [2.24, 2.45) is 0 Å². The molecule has 0 saturated heterocycles. The number of hydrogen-bond acceptors (Lipinski definition) is 4. The Morgan fingerprint density at radius 3 is 2.78 bits per heavy atom. The normalized spacial score (nSPS) is 12.6. The average Bonchev–Trinajstić information content (AvgIpc) is 3.12. The molecule has 0 saturated carbocycles. The Hall–Kier alpha value is -3.05. The third-order valence-corrected chi connectivity index (χ3v) is 4.88. The summed E-state index contributed by atoms with van der Waals surface area (Å²) in [6.45, 7) is 0.914. The summed E-state index contributed by atoms with van der Waals surface area (Å²) in [6, 6.07) is 17.1. The Morgan fingerprint density at radius 2 is 2.04 bits per heavy atom. The van der Waals surface area contributed by atoms with Crippen LogP contribution in [0.5, 0.6) is 5.75 Å². The summed E-state index contributed by atoms with van der Waals surface area (Å²) >= 11 is 6.10. The van der Waals surface area contributed by atoms with E-state index < -0.39 is 0 Å². The molecule has 0 bridgehead atoms. The molecule has 5 nitrogen and oxygen atoms in total. The topological polar surface area (TPSA) is 54.5 Å². The molecule has 2 aromatic carbocycles. The Kier molecular flexibility index (Phi) is 4.69. The third kappa shape index (κ3) is 3.46. The van der Waals surface area contributed by atoms with E-state index in [4.69, 9.17) is 16.3 Å². The smallest absolute Gasteiger partial charge is 0.274 e. The maximum atomic E-state index is 12.4. The maximum absolute atomic E-state index is 12.4. The largest absolute Gasteiger partial charge is 0.495 e. The first-order valence-electron chi connectivity index (χ1n) is 8.62. The van der Waals surface area contributed by atoms with E-state index >= 15 is 0 Å². The number of amides is 1. The summed E-state index contributed by atoms with van der Waals surface area (Å²) in [6.07, 6.45) is 2.74. The molecule has 1 aliphatic heterocycles. The van der Waals surface area contributed by atoms with Crippen LogP contribution in [0, 0.1) is 0 Å². The number of pyridine rings is 1. The molecule has 6 heteroatoms. The lowest BCUT2D eigenvalue weighted by atomic mass is 10.2. The minimum atomic E-state index is -0.287. The first-order valence-corrected chi connectivity index (χ1v) is 9.00. The van der Waals surface area contributed by atoms with Crippen LogP contribution >= 0.6 is 11.6 Å². The molecular formula is C21H18ClN3O2. The van der Waals surface area contributed by atoms with Crippen molar-refractivity contribution in [1.29, 1.82) is 0 Å². The SMILES string of the molecule is COc1ccc(NC(=O)c2ccc(N3CCc4ccccc43)cn2)cc1Cl. The summed E-state index contributed by atoms with van der Waals surface area (Å²) < 4.78 is 5.11. The fourth-order valence-electron chi connectivity index (χ4n) is 3.23. The Labute approximate surface area is 162 Å². The van der Waals surface area contributed by atoms with Gasteiger partial charge in [-0.15, -0.1) is 0 Å². The Bertz CT molecular complexity index is 989. The highest BCUT2D eigenvalue weighted by atomic mass is 35.5. The molecule has 27 heavy (non-hydrogen) atoms. The van der Waals surface area contributed by atoms with Gasteiger partial charge in [-0.2, -0.15) is 0 Å². The van der Waals surface area contributed by atoms with Crippen LogP contribution in [0.2, 0.25) is 5.02 Å². The van der Waals surface area contributed by atoms with Crippen molar-refractivity contribution in [3.05, 3.63) is 77.1 Å². The van der Waals surface area contributed by atoms with Crippen molar-refractivity contribution in [3.8, 4) is 5.75 Å². The van der Waals surface area contributed by atoms with Crippen LogP contribution in [0.25, 0.3) is 0 Å². The van der Waals surface area contributed by atoms with Crippen LogP contribution in [-0.4, -0.2) is 24.5 Å². The number of halogens is 1. The molecule has 4 rings (SSSR count). The zero-order valence-electron chi connectivity index (χ0n) is 14.8. The molecule has 0 atom stereocenters. The maximum Gasteiger partial charge on any atom is 0.274 e. The predicted molar refractivity (Wildman–Crippen MR) is 107 cm³/mol. The molecule has 0 unspecified atom stereocenters. The number of nitrogens with zero attached hydrogens (tertiary/aromatic N) is 2. The van der Waals surface area contributed by atoms with Gasteiger partial charge in [-0.05, 0) is 48.4 Å². The number of benzene rings is 2. The van der Waals surface area contributed by atoms with Crippen molar-refractivity contribution in [3.63, 3.8) is 0 Å². The quantitative estimate of drug-likeness (QED) is 0.714. The lowest BCUT2D eigenvalue weighted by Crippen LogP contribution is -2.16. The zero-order valence-corrected chi connectivity index (χ0v) is 15.5. The molecule has 0 radical (unpaired) electrons. The molecule has 0 aliphatic carbocycles. The predicted octanol–water partition coefficient (Wildman–Crippen LogP) is 4.69. The monoisotopic (exact) mass is 379 g/mol. The minimum Gasteiger partial charge on any atom is -0.495 e. The van der Waals surface area contributed by atoms with Crippen LogP contribution in [0.3, 0.4) is 0 Å². The molecule has 1 aromatic heterocycles. The number of carbonyl (C=O) groups excluding carboxylic acids is 1. The summed E-state index contributed by atoms with van der Waals surface area (Å²) in [5.41, 5.74) is 4.44. The van der Waals surface area contributed by atoms with E-state index in [9.17, 15) is 4.79 Å². The molecule has 0 spiro atoms. The van der Waals surface area contributed by atoms with Crippen LogP contribution < -0.4 is 15.0 Å². The number of methoxy groups -OCH3 is 1. The molecule has 1 aliphatic rings. The highest BCUT2D eigenvalue weighted by Gasteiger charge is 2.20. The second-order valence-electron chi connectivity index (χ2n) is 6.24. The van der Waals surface area contributed by atoms with Crippen molar-refractivity contribution < 1.29 is 9.53 Å². The fourth-order valence-corrected chi connectivity index (χ4v) is 3.48. The van der Waals surface area contributed by atoms with Crippen molar-refractivity contribution in [1.82, 2.24) is 4.98 Å².